The molecule has 0 saturated carbocycles. The maximum Gasteiger partial charge on any atom is 0.193 e. The molecule has 3 nitrogen and oxygen atoms in total. The molecule has 0 saturated heterocycles. The summed E-state index contributed by atoms with van der Waals surface area (Å²) in [6.45, 7) is 5.86. The highest BCUT2D eigenvalue weighted by atomic mass is 16.5. The molecule has 2 atom stereocenters. The Kier molecular flexibility index (Phi) is 12.7. The molecule has 152 valence electrons. The van der Waals surface area contributed by atoms with Crippen LogP contribution in [0, 0.1) is 0 Å². The highest BCUT2D eigenvalue weighted by molar-refractivity contribution is 5.78. The number of allylic oxidation sites excluding steroid dienone is 2. The maximum absolute atomic E-state index is 9.95. The highest BCUT2D eigenvalue weighted by Gasteiger charge is 2.36. The monoisotopic (exact) mass is 365 g/mol. The van der Waals surface area contributed by atoms with Crippen molar-refractivity contribution in [1.82, 2.24) is 0 Å². The Morgan fingerprint density at radius 3 is 1.88 bits per heavy atom. The fraction of sp³-hybridized carbons (Fsp3) is 0.870. The summed E-state index contributed by atoms with van der Waals surface area (Å²) in [6.07, 6.45) is 23.9. The van der Waals surface area contributed by atoms with Crippen molar-refractivity contribution in [3.05, 3.63) is 12.2 Å². The molecule has 0 radical (unpaired) electrons. The summed E-state index contributed by atoms with van der Waals surface area (Å²) < 4.78 is 5.59. The van der Waals surface area contributed by atoms with Gasteiger partial charge in [0.25, 0.3) is 0 Å². The summed E-state index contributed by atoms with van der Waals surface area (Å²) in [5.41, 5.74) is -1.03. The number of hydrogen-bond acceptors (Lipinski definition) is 3. The molecule has 1 aliphatic rings. The van der Waals surface area contributed by atoms with E-state index < -0.39 is 5.72 Å². The Morgan fingerprint density at radius 2 is 1.38 bits per heavy atom. The normalized spacial score (nSPS) is 22.8. The SMILES string of the molecule is CCCCCCCC/C=C\CCCCCCCCC1=NC(C)(O)C(C)O1. The van der Waals surface area contributed by atoms with Gasteiger partial charge in [-0.25, -0.2) is 4.99 Å². The van der Waals surface area contributed by atoms with Gasteiger partial charge >= 0.3 is 0 Å². The van der Waals surface area contributed by atoms with Gasteiger partial charge in [-0.3, -0.25) is 0 Å². The predicted molar refractivity (Wildman–Crippen MR) is 113 cm³/mol. The Hall–Kier alpha value is -0.830. The highest BCUT2D eigenvalue weighted by Crippen LogP contribution is 2.24. The summed E-state index contributed by atoms with van der Waals surface area (Å²) in [5, 5.41) is 9.95. The van der Waals surface area contributed by atoms with Crippen LogP contribution < -0.4 is 0 Å². The zero-order valence-corrected chi connectivity index (χ0v) is 17.6. The molecule has 1 rings (SSSR count). The van der Waals surface area contributed by atoms with Crippen LogP contribution in [0.2, 0.25) is 0 Å². The first-order valence-electron chi connectivity index (χ1n) is 11.2. The van der Waals surface area contributed by atoms with E-state index in [1.807, 2.05) is 6.92 Å². The number of aliphatic imine (C=N–C) groups is 1. The summed E-state index contributed by atoms with van der Waals surface area (Å²) in [6, 6.07) is 0. The lowest BCUT2D eigenvalue weighted by molar-refractivity contribution is -0.0113. The molecule has 0 fully saturated rings. The molecule has 26 heavy (non-hydrogen) atoms. The Labute approximate surface area is 162 Å². The molecule has 1 heterocycles. The third-order valence-electron chi connectivity index (χ3n) is 5.34. The second-order valence-electron chi connectivity index (χ2n) is 8.05. The maximum atomic E-state index is 9.95. The van der Waals surface area contributed by atoms with Crippen LogP contribution in [0.25, 0.3) is 0 Å². The molecule has 0 aromatic heterocycles. The van der Waals surface area contributed by atoms with E-state index in [0.717, 1.165) is 18.7 Å². The minimum atomic E-state index is -1.03. The second kappa shape index (κ2) is 14.3. The van der Waals surface area contributed by atoms with Gasteiger partial charge in [-0.2, -0.15) is 0 Å². The molecule has 1 aliphatic heterocycles. The zero-order valence-electron chi connectivity index (χ0n) is 17.6. The van der Waals surface area contributed by atoms with E-state index in [4.69, 9.17) is 4.74 Å². The lowest BCUT2D eigenvalue weighted by atomic mass is 10.1. The fourth-order valence-electron chi connectivity index (χ4n) is 3.32. The minimum Gasteiger partial charge on any atom is -0.473 e. The smallest absolute Gasteiger partial charge is 0.193 e. The van der Waals surface area contributed by atoms with E-state index >= 15 is 0 Å². The van der Waals surface area contributed by atoms with E-state index in [2.05, 4.69) is 24.1 Å². The summed E-state index contributed by atoms with van der Waals surface area (Å²) >= 11 is 0. The van der Waals surface area contributed by atoms with Crippen molar-refractivity contribution in [3.63, 3.8) is 0 Å². The number of unbranched alkanes of at least 4 members (excludes halogenated alkanes) is 12. The van der Waals surface area contributed by atoms with E-state index in [0.29, 0.717) is 0 Å². The first kappa shape index (κ1) is 23.2. The van der Waals surface area contributed by atoms with E-state index in [-0.39, 0.29) is 6.10 Å². The van der Waals surface area contributed by atoms with Gasteiger partial charge in [0.15, 0.2) is 11.6 Å². The first-order valence-corrected chi connectivity index (χ1v) is 11.2. The third-order valence-corrected chi connectivity index (χ3v) is 5.34. The first-order chi connectivity index (χ1) is 12.6. The van der Waals surface area contributed by atoms with Gasteiger partial charge in [-0.15, -0.1) is 0 Å². The lowest BCUT2D eigenvalue weighted by Crippen LogP contribution is -2.31. The van der Waals surface area contributed by atoms with Crippen LogP contribution in [0.5, 0.6) is 0 Å². The molecule has 2 unspecified atom stereocenters. The molecular weight excluding hydrogens is 322 g/mol. The van der Waals surface area contributed by atoms with Gasteiger partial charge < -0.3 is 9.84 Å². The quantitative estimate of drug-likeness (QED) is 0.238. The van der Waals surface area contributed by atoms with E-state index in [1.165, 1.54) is 83.5 Å². The number of aliphatic hydroxyl groups is 1. The van der Waals surface area contributed by atoms with Crippen LogP contribution in [0.15, 0.2) is 17.1 Å². The van der Waals surface area contributed by atoms with Gasteiger partial charge in [0, 0.05) is 6.42 Å². The number of rotatable bonds is 16. The minimum absolute atomic E-state index is 0.216. The van der Waals surface area contributed by atoms with E-state index in [1.54, 1.807) is 6.92 Å². The van der Waals surface area contributed by atoms with Gasteiger partial charge in [0.2, 0.25) is 0 Å². The van der Waals surface area contributed by atoms with Crippen molar-refractivity contribution in [1.29, 1.82) is 0 Å². The number of hydrogen-bond donors (Lipinski definition) is 1. The van der Waals surface area contributed by atoms with Crippen molar-refractivity contribution in [3.8, 4) is 0 Å². The molecule has 0 spiro atoms. The van der Waals surface area contributed by atoms with Crippen molar-refractivity contribution in [2.75, 3.05) is 0 Å². The van der Waals surface area contributed by atoms with Crippen LogP contribution in [0.1, 0.15) is 117 Å². The zero-order chi connectivity index (χ0) is 19.1. The molecule has 0 amide bonds. The van der Waals surface area contributed by atoms with Crippen LogP contribution in [-0.4, -0.2) is 22.8 Å². The standard InChI is InChI=1S/C23H43NO2/c1-4-5-6-7-8-9-10-11-12-13-14-15-16-17-18-19-20-22-24-23(3,25)21(2)26-22/h11-12,21,25H,4-10,13-20H2,1-3H3/b12-11-. The van der Waals surface area contributed by atoms with Gasteiger partial charge in [-0.05, 0) is 46.0 Å². The Balaban J connectivity index is 1.82. The van der Waals surface area contributed by atoms with E-state index in [9.17, 15) is 5.11 Å². The average Bonchev–Trinajstić information content (AvgIpc) is 2.86. The fourth-order valence-corrected chi connectivity index (χ4v) is 3.32. The van der Waals surface area contributed by atoms with Crippen LogP contribution in [0.4, 0.5) is 0 Å². The number of ether oxygens (including phenoxy) is 1. The van der Waals surface area contributed by atoms with Gasteiger partial charge in [0.05, 0.1) is 0 Å². The summed E-state index contributed by atoms with van der Waals surface area (Å²) in [5.74, 6) is 0.734. The molecule has 0 bridgehead atoms. The molecule has 1 N–H and O–H groups in total. The van der Waals surface area contributed by atoms with Gasteiger partial charge in [0.1, 0.15) is 6.10 Å². The summed E-state index contributed by atoms with van der Waals surface area (Å²) in [4.78, 5) is 4.25. The molecular formula is C23H43NO2. The predicted octanol–water partition coefficient (Wildman–Crippen LogP) is 6.94. The lowest BCUT2D eigenvalue weighted by Gasteiger charge is -2.16. The molecule has 0 aliphatic carbocycles. The van der Waals surface area contributed by atoms with Crippen LogP contribution >= 0.6 is 0 Å². The van der Waals surface area contributed by atoms with Crippen molar-refractivity contribution in [2.24, 2.45) is 4.99 Å². The van der Waals surface area contributed by atoms with Crippen LogP contribution in [-0.2, 0) is 4.74 Å². The Morgan fingerprint density at radius 1 is 0.885 bits per heavy atom. The third kappa shape index (κ3) is 11.0. The number of nitrogens with zero attached hydrogens (tertiary/aromatic N) is 1. The van der Waals surface area contributed by atoms with Crippen LogP contribution in [0.3, 0.4) is 0 Å². The average molecular weight is 366 g/mol. The largest absolute Gasteiger partial charge is 0.473 e. The molecule has 3 heteroatoms. The Bertz CT molecular complexity index is 401. The van der Waals surface area contributed by atoms with Crippen molar-refractivity contribution in [2.45, 2.75) is 129 Å². The topological polar surface area (TPSA) is 41.8 Å². The summed E-state index contributed by atoms with van der Waals surface area (Å²) in [7, 11) is 0. The second-order valence-corrected chi connectivity index (χ2v) is 8.05. The van der Waals surface area contributed by atoms with Crippen molar-refractivity contribution < 1.29 is 9.84 Å². The molecule has 0 aromatic rings. The van der Waals surface area contributed by atoms with Crippen molar-refractivity contribution >= 4 is 5.90 Å². The van der Waals surface area contributed by atoms with Gasteiger partial charge in [-0.1, -0.05) is 76.9 Å². The molecule has 0 aromatic carbocycles.